The maximum absolute atomic E-state index is 13.9. The molecular weight excluding hydrogens is 741 g/mol. The number of nitrogens with zero attached hydrogens (tertiary/aromatic N) is 4. The number of primary amides is 2. The highest BCUT2D eigenvalue weighted by Crippen LogP contribution is 2.31. The molecule has 58 heavy (non-hydrogen) atoms. The number of aryl methyl sites for hydroxylation is 1. The molecule has 0 radical (unpaired) electrons. The van der Waals surface area contributed by atoms with Crippen LogP contribution in [0.25, 0.3) is 21.9 Å². The largest absolute Gasteiger partial charge is 0.382 e. The third-order valence-corrected chi connectivity index (χ3v) is 10.5. The number of nitrogens with one attached hydrogen (secondary N) is 3. The Bertz CT molecular complexity index is 2160. The summed E-state index contributed by atoms with van der Waals surface area (Å²) in [6.45, 7) is 6.60. The number of pyridine rings is 1. The lowest BCUT2D eigenvalue weighted by atomic mass is 9.79. The van der Waals surface area contributed by atoms with Gasteiger partial charge in [-0.1, -0.05) is 63.9 Å². The Kier molecular flexibility index (Phi) is 14.5. The number of rotatable bonds is 21. The molecule has 308 valence electrons. The van der Waals surface area contributed by atoms with E-state index in [0.29, 0.717) is 42.8 Å². The van der Waals surface area contributed by atoms with E-state index in [1.54, 1.807) is 26.0 Å². The Balaban J connectivity index is 1.30. The Hall–Kier alpha value is -6.32. The number of urea groups is 1. The fourth-order valence-corrected chi connectivity index (χ4v) is 7.50. The fraction of sp³-hybridized carbons (Fsp3) is 0.429. The van der Waals surface area contributed by atoms with E-state index in [4.69, 9.17) is 22.2 Å². The summed E-state index contributed by atoms with van der Waals surface area (Å²) in [5, 5.41) is 9.23. The Morgan fingerprint density at radius 3 is 2.21 bits per heavy atom. The molecule has 5 rings (SSSR count). The number of nitrogen functional groups attached to an aromatic ring is 1. The van der Waals surface area contributed by atoms with E-state index < -0.39 is 41.6 Å². The van der Waals surface area contributed by atoms with Gasteiger partial charge in [-0.2, -0.15) is 0 Å². The molecule has 16 nitrogen and oxygen atoms in total. The number of imide groups is 1. The molecule has 16 heteroatoms. The van der Waals surface area contributed by atoms with Gasteiger partial charge >= 0.3 is 6.03 Å². The highest BCUT2D eigenvalue weighted by molar-refractivity contribution is 6.13. The number of hydrogen-bond acceptors (Lipinski definition) is 9. The molecule has 1 aliphatic rings. The van der Waals surface area contributed by atoms with Gasteiger partial charge in [0.1, 0.15) is 17.4 Å². The summed E-state index contributed by atoms with van der Waals surface area (Å²) in [5.41, 5.74) is 21.3. The van der Waals surface area contributed by atoms with E-state index in [9.17, 15) is 28.8 Å². The van der Waals surface area contributed by atoms with E-state index in [2.05, 4.69) is 32.4 Å². The molecule has 0 aliphatic carbocycles. The maximum Gasteiger partial charge on any atom is 0.312 e. The number of carbonyl (C=O) groups excluding carboxylic acids is 6. The molecule has 3 unspecified atom stereocenters. The van der Waals surface area contributed by atoms with Crippen molar-refractivity contribution in [3.8, 4) is 0 Å². The number of unbranched alkanes of at least 4 members (excludes halogenated alkanes) is 2. The third-order valence-electron chi connectivity index (χ3n) is 10.5. The molecule has 2 aromatic carbocycles. The number of imidazole rings is 1. The zero-order valence-electron chi connectivity index (χ0n) is 33.3. The quantitative estimate of drug-likeness (QED) is 0.0528. The first kappa shape index (κ1) is 42.8. The molecule has 2 aromatic heterocycles. The lowest BCUT2D eigenvalue weighted by Crippen LogP contribution is -2.50. The summed E-state index contributed by atoms with van der Waals surface area (Å²) in [4.78, 5) is 86.3. The van der Waals surface area contributed by atoms with Gasteiger partial charge in [0.25, 0.3) is 11.8 Å². The second-order valence-electron chi connectivity index (χ2n) is 15.0. The Morgan fingerprint density at radius 2 is 1.55 bits per heavy atom. The van der Waals surface area contributed by atoms with Crippen molar-refractivity contribution >= 4 is 69.0 Å². The van der Waals surface area contributed by atoms with E-state index in [1.807, 2.05) is 36.4 Å². The van der Waals surface area contributed by atoms with Crippen LogP contribution in [-0.4, -0.2) is 74.1 Å². The lowest BCUT2D eigenvalue weighted by Gasteiger charge is -2.29. The summed E-state index contributed by atoms with van der Waals surface area (Å²) in [6, 6.07) is 13.5. The number of fused-ring (bicyclic) bond motifs is 3. The summed E-state index contributed by atoms with van der Waals surface area (Å²) in [7, 11) is 0. The van der Waals surface area contributed by atoms with Crippen molar-refractivity contribution < 1.29 is 28.8 Å². The van der Waals surface area contributed by atoms with Crippen molar-refractivity contribution in [3.05, 3.63) is 72.1 Å². The number of anilines is 2. The van der Waals surface area contributed by atoms with Gasteiger partial charge in [0.2, 0.25) is 17.7 Å². The second-order valence-corrected chi connectivity index (χ2v) is 15.0. The van der Waals surface area contributed by atoms with Crippen LogP contribution in [0.1, 0.15) is 77.1 Å². The maximum atomic E-state index is 13.9. The number of benzene rings is 2. The highest BCUT2D eigenvalue weighted by Gasteiger charge is 2.36. The standard InChI is InChI=1S/C42H54N10O6/c1-4-5-15-32-50-36-37(28-11-6-7-13-30(28)48-38(36)43)52(32)24-26-16-18-27(19-17-26)47-40(56)31(14-10-22-46-42(45)58)49-41(57)35(25(2)3)29(39(44)55)12-8-9-23-51-33(53)20-21-34(51)54/h6-7,11,13,16-21,25,29,31,35H,4-5,8-10,12,14-15,22-24H2,1-3H3,(H2,43,48)(H2,44,55)(H,47,56)(H,49,57)(H3,45,46,58). The molecule has 0 fully saturated rings. The molecule has 1 aliphatic heterocycles. The van der Waals surface area contributed by atoms with E-state index >= 15 is 0 Å². The second kappa shape index (κ2) is 19.7. The lowest BCUT2D eigenvalue weighted by molar-refractivity contribution is -0.137. The molecular formula is C42H54N10O6. The first-order valence-corrected chi connectivity index (χ1v) is 19.9. The summed E-state index contributed by atoms with van der Waals surface area (Å²) in [6.07, 6.45) is 6.74. The van der Waals surface area contributed by atoms with Crippen LogP contribution in [0.4, 0.5) is 16.3 Å². The summed E-state index contributed by atoms with van der Waals surface area (Å²) >= 11 is 0. The monoisotopic (exact) mass is 794 g/mol. The van der Waals surface area contributed by atoms with Crippen molar-refractivity contribution in [2.45, 2.75) is 84.7 Å². The number of aromatic nitrogens is 3. The highest BCUT2D eigenvalue weighted by atomic mass is 16.2. The van der Waals surface area contributed by atoms with Crippen LogP contribution in [0.3, 0.4) is 0 Å². The first-order valence-electron chi connectivity index (χ1n) is 19.9. The number of para-hydroxylation sites is 1. The first-order chi connectivity index (χ1) is 27.8. The van der Waals surface area contributed by atoms with E-state index in [-0.39, 0.29) is 43.7 Å². The summed E-state index contributed by atoms with van der Waals surface area (Å²) < 4.78 is 2.18. The zero-order valence-corrected chi connectivity index (χ0v) is 33.3. The van der Waals surface area contributed by atoms with Crippen LogP contribution >= 0.6 is 0 Å². The molecule has 0 spiro atoms. The van der Waals surface area contributed by atoms with Crippen LogP contribution in [0.15, 0.2) is 60.7 Å². The van der Waals surface area contributed by atoms with Gasteiger partial charge in [-0.15, -0.1) is 0 Å². The van der Waals surface area contributed by atoms with Gasteiger partial charge in [-0.3, -0.25) is 28.9 Å². The van der Waals surface area contributed by atoms with Crippen LogP contribution < -0.4 is 33.2 Å². The normalized spacial score (nSPS) is 14.2. The van der Waals surface area contributed by atoms with Crippen molar-refractivity contribution in [3.63, 3.8) is 0 Å². The van der Waals surface area contributed by atoms with Gasteiger partial charge in [0.15, 0.2) is 5.82 Å². The summed E-state index contributed by atoms with van der Waals surface area (Å²) in [5.74, 6) is -3.20. The fourth-order valence-electron chi connectivity index (χ4n) is 7.50. The van der Waals surface area contributed by atoms with Crippen LogP contribution in [0.5, 0.6) is 0 Å². The smallest absolute Gasteiger partial charge is 0.312 e. The topological polar surface area (TPSA) is 251 Å². The predicted octanol–water partition coefficient (Wildman–Crippen LogP) is 3.90. The SMILES string of the molecule is CCCCc1nc2c(N)nc3ccccc3c2n1Cc1ccc(NC(=O)C(CCCNC(N)=O)NC(=O)C(C(C)C)C(CCCCN2C(=O)C=CC2=O)C(N)=O)cc1. The molecule has 3 heterocycles. The van der Waals surface area contributed by atoms with Crippen LogP contribution in [0, 0.1) is 17.8 Å². The Morgan fingerprint density at radius 1 is 0.845 bits per heavy atom. The molecule has 0 saturated heterocycles. The number of hydrogen-bond donors (Lipinski definition) is 6. The average Bonchev–Trinajstić information content (AvgIpc) is 3.71. The molecule has 7 amide bonds. The number of carbonyl (C=O) groups is 6. The molecule has 0 saturated carbocycles. The zero-order chi connectivity index (χ0) is 41.9. The van der Waals surface area contributed by atoms with Crippen molar-refractivity contribution in [2.75, 3.05) is 24.1 Å². The van der Waals surface area contributed by atoms with Crippen molar-refractivity contribution in [1.29, 1.82) is 0 Å². The van der Waals surface area contributed by atoms with Crippen LogP contribution in [0.2, 0.25) is 0 Å². The van der Waals surface area contributed by atoms with Gasteiger partial charge in [-0.25, -0.2) is 14.8 Å². The average molecular weight is 795 g/mol. The van der Waals surface area contributed by atoms with Gasteiger partial charge in [0, 0.05) is 55.2 Å². The van der Waals surface area contributed by atoms with Gasteiger partial charge in [-0.05, 0) is 61.8 Å². The van der Waals surface area contributed by atoms with E-state index in [1.165, 1.54) is 12.2 Å². The minimum atomic E-state index is -1.03. The van der Waals surface area contributed by atoms with E-state index in [0.717, 1.165) is 52.0 Å². The van der Waals surface area contributed by atoms with Crippen molar-refractivity contribution in [1.82, 2.24) is 30.1 Å². The minimum absolute atomic E-state index is 0.161. The molecule has 3 atom stereocenters. The van der Waals surface area contributed by atoms with Crippen molar-refractivity contribution in [2.24, 2.45) is 29.2 Å². The van der Waals surface area contributed by atoms with Gasteiger partial charge < -0.3 is 37.7 Å². The van der Waals surface area contributed by atoms with Crippen LogP contribution in [-0.2, 0) is 36.9 Å². The molecule has 4 aromatic rings. The molecule has 0 bridgehead atoms. The molecule has 9 N–H and O–H groups in total. The third kappa shape index (κ3) is 10.5. The van der Waals surface area contributed by atoms with Gasteiger partial charge in [0.05, 0.1) is 17.0 Å². The minimum Gasteiger partial charge on any atom is -0.382 e. The Labute approximate surface area is 337 Å². The number of nitrogens with two attached hydrogens (primary N) is 3. The number of amides is 7. The predicted molar refractivity (Wildman–Crippen MR) is 222 cm³/mol.